The fourth-order valence-electron chi connectivity index (χ4n) is 0.329. The third-order valence-electron chi connectivity index (χ3n) is 0.867. The van der Waals surface area contributed by atoms with Crippen LogP contribution in [0.4, 0.5) is 0 Å². The van der Waals surface area contributed by atoms with Crippen molar-refractivity contribution in [1.82, 2.24) is 0 Å². The molecule has 11 heavy (non-hydrogen) atoms. The highest BCUT2D eigenvalue weighted by Gasteiger charge is 2.08. The Balaban J connectivity index is 3.55. The van der Waals surface area contributed by atoms with Crippen LogP contribution < -0.4 is 11.5 Å². The van der Waals surface area contributed by atoms with Gasteiger partial charge in [-0.2, -0.15) is 0 Å². The van der Waals surface area contributed by atoms with E-state index in [4.69, 9.17) is 11.5 Å². The number of carbonyl (C=O) groups is 1. The summed E-state index contributed by atoms with van der Waals surface area (Å²) < 4.78 is 0. The number of hydrogen-bond donors (Lipinski definition) is 2. The van der Waals surface area contributed by atoms with Crippen LogP contribution in [0.15, 0.2) is 5.16 Å². The monoisotopic (exact) mass is 159 g/mol. The summed E-state index contributed by atoms with van der Waals surface area (Å²) in [5, 5.41) is 3.58. The molecule has 0 bridgehead atoms. The molecular weight excluding hydrogens is 146 g/mol. The smallest absolute Gasteiger partial charge is 0.237 e. The number of amides is 1. The molecule has 0 aliphatic carbocycles. The summed E-state index contributed by atoms with van der Waals surface area (Å²) in [6.07, 6.45) is 0. The van der Waals surface area contributed by atoms with Gasteiger partial charge in [-0.05, 0) is 13.8 Å². The number of nitrogens with zero attached hydrogens (tertiary/aromatic N) is 1. The minimum atomic E-state index is -0.780. The van der Waals surface area contributed by atoms with Crippen LogP contribution in [0.2, 0.25) is 0 Å². The van der Waals surface area contributed by atoms with Crippen LogP contribution >= 0.6 is 0 Å². The van der Waals surface area contributed by atoms with Gasteiger partial charge < -0.3 is 16.3 Å². The lowest BCUT2D eigenvalue weighted by atomic mass is 10.3. The van der Waals surface area contributed by atoms with Crippen molar-refractivity contribution in [2.75, 3.05) is 6.61 Å². The first-order valence-electron chi connectivity index (χ1n) is 3.22. The van der Waals surface area contributed by atoms with E-state index in [1.165, 1.54) is 0 Å². The fourth-order valence-corrected chi connectivity index (χ4v) is 0.329. The standard InChI is InChI=1S/C6H13N3O2/c1-4(2)9-11-3-5(7)6(8)10/h5H,3,7H2,1-2H3,(H2,8,10). The van der Waals surface area contributed by atoms with Crippen molar-refractivity contribution in [2.45, 2.75) is 19.9 Å². The Morgan fingerprint density at radius 3 is 2.55 bits per heavy atom. The molecule has 5 nitrogen and oxygen atoms in total. The molecular formula is C6H13N3O2. The lowest BCUT2D eigenvalue weighted by molar-refractivity contribution is -0.120. The molecule has 0 saturated carbocycles. The van der Waals surface area contributed by atoms with E-state index >= 15 is 0 Å². The van der Waals surface area contributed by atoms with Crippen LogP contribution in [0.3, 0.4) is 0 Å². The van der Waals surface area contributed by atoms with E-state index in [9.17, 15) is 4.79 Å². The van der Waals surface area contributed by atoms with Gasteiger partial charge in [0.2, 0.25) is 5.91 Å². The van der Waals surface area contributed by atoms with Crippen molar-refractivity contribution in [1.29, 1.82) is 0 Å². The summed E-state index contributed by atoms with van der Waals surface area (Å²) in [4.78, 5) is 15.0. The van der Waals surface area contributed by atoms with Crippen molar-refractivity contribution in [3.8, 4) is 0 Å². The van der Waals surface area contributed by atoms with E-state index < -0.39 is 11.9 Å². The highest BCUT2D eigenvalue weighted by molar-refractivity contribution is 5.80. The molecule has 1 unspecified atom stereocenters. The second kappa shape index (κ2) is 4.68. The number of hydrogen-bond acceptors (Lipinski definition) is 4. The molecule has 0 aromatic rings. The summed E-state index contributed by atoms with van der Waals surface area (Å²) in [5.74, 6) is -0.589. The zero-order valence-corrected chi connectivity index (χ0v) is 6.70. The second-order valence-electron chi connectivity index (χ2n) is 2.34. The molecule has 0 aliphatic rings. The number of nitrogens with two attached hydrogens (primary N) is 2. The number of rotatable bonds is 4. The lowest BCUT2D eigenvalue weighted by Crippen LogP contribution is -2.39. The highest BCUT2D eigenvalue weighted by atomic mass is 16.6. The highest BCUT2D eigenvalue weighted by Crippen LogP contribution is 1.83. The third-order valence-corrected chi connectivity index (χ3v) is 0.867. The van der Waals surface area contributed by atoms with Gasteiger partial charge in [-0.1, -0.05) is 5.16 Å². The molecule has 0 aromatic carbocycles. The maximum atomic E-state index is 10.3. The average Bonchev–Trinajstić information content (AvgIpc) is 1.86. The van der Waals surface area contributed by atoms with E-state index in [-0.39, 0.29) is 6.61 Å². The van der Waals surface area contributed by atoms with Crippen LogP contribution in [0.5, 0.6) is 0 Å². The van der Waals surface area contributed by atoms with Crippen molar-refractivity contribution in [3.05, 3.63) is 0 Å². The fraction of sp³-hybridized carbons (Fsp3) is 0.667. The van der Waals surface area contributed by atoms with Gasteiger partial charge >= 0.3 is 0 Å². The third kappa shape index (κ3) is 5.35. The van der Waals surface area contributed by atoms with Crippen molar-refractivity contribution in [2.24, 2.45) is 16.6 Å². The van der Waals surface area contributed by atoms with E-state index in [0.717, 1.165) is 5.71 Å². The first kappa shape index (κ1) is 9.90. The first-order valence-corrected chi connectivity index (χ1v) is 3.22. The molecule has 4 N–H and O–H groups in total. The summed E-state index contributed by atoms with van der Waals surface area (Å²) in [6.45, 7) is 3.58. The Bertz CT molecular complexity index is 163. The van der Waals surface area contributed by atoms with Gasteiger partial charge in [0.1, 0.15) is 12.6 Å². The van der Waals surface area contributed by atoms with Gasteiger partial charge in [-0.25, -0.2) is 0 Å². The average molecular weight is 159 g/mol. The van der Waals surface area contributed by atoms with E-state index in [0.29, 0.717) is 0 Å². The van der Waals surface area contributed by atoms with Gasteiger partial charge in [-0.3, -0.25) is 4.79 Å². The molecule has 1 amide bonds. The Labute approximate surface area is 65.4 Å². The normalized spacial score (nSPS) is 11.9. The van der Waals surface area contributed by atoms with Gasteiger partial charge in [0, 0.05) is 0 Å². The molecule has 64 valence electrons. The Morgan fingerprint density at radius 2 is 2.18 bits per heavy atom. The molecule has 0 radical (unpaired) electrons. The van der Waals surface area contributed by atoms with E-state index in [2.05, 4.69) is 9.99 Å². The second-order valence-corrected chi connectivity index (χ2v) is 2.34. The summed E-state index contributed by atoms with van der Waals surface area (Å²) in [7, 11) is 0. The Kier molecular flexibility index (Phi) is 4.21. The molecule has 5 heteroatoms. The topological polar surface area (TPSA) is 90.7 Å². The van der Waals surface area contributed by atoms with Crippen LogP contribution in [0.25, 0.3) is 0 Å². The van der Waals surface area contributed by atoms with Crippen molar-refractivity contribution >= 4 is 11.6 Å². The predicted octanol–water partition coefficient (Wildman–Crippen LogP) is -0.789. The van der Waals surface area contributed by atoms with Gasteiger partial charge in [0.05, 0.1) is 5.71 Å². The summed E-state index contributed by atoms with van der Waals surface area (Å²) in [6, 6.07) is -0.780. The predicted molar refractivity (Wildman–Crippen MR) is 41.9 cm³/mol. The SMILES string of the molecule is CC(C)=NOCC(N)C(N)=O. The van der Waals surface area contributed by atoms with Crippen LogP contribution in [0, 0.1) is 0 Å². The van der Waals surface area contributed by atoms with Gasteiger partial charge in [-0.15, -0.1) is 0 Å². The molecule has 0 aromatic heterocycles. The molecule has 1 atom stereocenters. The minimum absolute atomic E-state index is 0.0283. The van der Waals surface area contributed by atoms with E-state index in [1.807, 2.05) is 0 Å². The molecule has 0 saturated heterocycles. The molecule has 0 aliphatic heterocycles. The number of primary amides is 1. The zero-order chi connectivity index (χ0) is 8.85. The Morgan fingerprint density at radius 1 is 1.64 bits per heavy atom. The first-order chi connectivity index (χ1) is 5.04. The molecule has 0 heterocycles. The zero-order valence-electron chi connectivity index (χ0n) is 6.70. The van der Waals surface area contributed by atoms with Crippen molar-refractivity contribution < 1.29 is 9.63 Å². The molecule has 0 spiro atoms. The van der Waals surface area contributed by atoms with E-state index in [1.54, 1.807) is 13.8 Å². The summed E-state index contributed by atoms with van der Waals surface area (Å²) in [5.41, 5.74) is 10.9. The maximum absolute atomic E-state index is 10.3. The quantitative estimate of drug-likeness (QED) is 0.416. The Hall–Kier alpha value is -1.10. The lowest BCUT2D eigenvalue weighted by Gasteiger charge is -2.04. The maximum Gasteiger partial charge on any atom is 0.237 e. The van der Waals surface area contributed by atoms with Crippen LogP contribution in [-0.2, 0) is 9.63 Å². The van der Waals surface area contributed by atoms with Crippen LogP contribution in [0.1, 0.15) is 13.8 Å². The summed E-state index contributed by atoms with van der Waals surface area (Å²) >= 11 is 0. The molecule has 0 fully saturated rings. The van der Waals surface area contributed by atoms with Gasteiger partial charge in [0.15, 0.2) is 0 Å². The largest absolute Gasteiger partial charge is 0.394 e. The number of oxime groups is 1. The molecule has 0 rings (SSSR count). The van der Waals surface area contributed by atoms with Crippen LogP contribution in [-0.4, -0.2) is 24.3 Å². The minimum Gasteiger partial charge on any atom is -0.394 e. The van der Waals surface area contributed by atoms with Crippen molar-refractivity contribution in [3.63, 3.8) is 0 Å². The van der Waals surface area contributed by atoms with Gasteiger partial charge in [0.25, 0.3) is 0 Å². The number of carbonyl (C=O) groups excluding carboxylic acids is 1.